The van der Waals surface area contributed by atoms with Crippen molar-refractivity contribution in [3.63, 3.8) is 0 Å². The molecule has 0 aliphatic heterocycles. The van der Waals surface area contributed by atoms with Gasteiger partial charge in [-0.3, -0.25) is 0 Å². The van der Waals surface area contributed by atoms with Crippen LogP contribution in [0, 0.1) is 0 Å². The topological polar surface area (TPSA) is 18.5 Å². The normalized spacial score (nSPS) is 11.0. The average Bonchev–Trinajstić information content (AvgIpc) is 2.45. The summed E-state index contributed by atoms with van der Waals surface area (Å²) in [6.45, 7) is 0. The highest BCUT2D eigenvalue weighted by Gasteiger charge is 2.18. The molecule has 0 atom stereocenters. The summed E-state index contributed by atoms with van der Waals surface area (Å²) in [5.41, 5.74) is 0. The van der Waals surface area contributed by atoms with E-state index >= 15 is 0 Å². The molecule has 3 aromatic carbocycles. The van der Waals surface area contributed by atoms with Crippen LogP contribution in [-0.4, -0.2) is 14.2 Å². The van der Waals surface area contributed by atoms with Gasteiger partial charge in [-0.25, -0.2) is 0 Å². The Morgan fingerprint density at radius 3 is 1.55 bits per heavy atom. The SMILES string of the molecule is COc1c2cccc(Cl)c2c(OC)c2c(Cl)cccc12. The predicted octanol–water partition coefficient (Wildman–Crippen LogP) is 5.32. The molecule has 0 saturated heterocycles. The van der Waals surface area contributed by atoms with Crippen LogP contribution in [0.2, 0.25) is 10.0 Å². The number of hydrogen-bond donors (Lipinski definition) is 0. The van der Waals surface area contributed by atoms with Crippen molar-refractivity contribution in [2.45, 2.75) is 0 Å². The number of halogens is 2. The van der Waals surface area contributed by atoms with E-state index in [1.54, 1.807) is 14.2 Å². The molecular weight excluding hydrogens is 295 g/mol. The van der Waals surface area contributed by atoms with Crippen molar-refractivity contribution in [3.8, 4) is 11.5 Å². The Balaban J connectivity index is 2.69. The molecule has 0 amide bonds. The van der Waals surface area contributed by atoms with E-state index in [9.17, 15) is 0 Å². The smallest absolute Gasteiger partial charge is 0.137 e. The Morgan fingerprint density at radius 2 is 1.15 bits per heavy atom. The van der Waals surface area contributed by atoms with Crippen LogP contribution in [0.25, 0.3) is 21.5 Å². The van der Waals surface area contributed by atoms with Gasteiger partial charge < -0.3 is 9.47 Å². The van der Waals surface area contributed by atoms with Crippen LogP contribution in [0.5, 0.6) is 11.5 Å². The minimum atomic E-state index is 0.611. The molecule has 0 aliphatic carbocycles. The lowest BCUT2D eigenvalue weighted by Crippen LogP contribution is -1.93. The first kappa shape index (κ1) is 13.3. The number of ether oxygens (including phenoxy) is 2. The van der Waals surface area contributed by atoms with Gasteiger partial charge in [0.25, 0.3) is 0 Å². The zero-order valence-corrected chi connectivity index (χ0v) is 12.5. The van der Waals surface area contributed by atoms with Gasteiger partial charge in [-0.05, 0) is 12.1 Å². The van der Waals surface area contributed by atoms with Gasteiger partial charge in [0.1, 0.15) is 11.5 Å². The summed E-state index contributed by atoms with van der Waals surface area (Å²) in [7, 11) is 3.26. The number of rotatable bonds is 2. The van der Waals surface area contributed by atoms with Crippen LogP contribution in [0.3, 0.4) is 0 Å². The van der Waals surface area contributed by atoms with Gasteiger partial charge in [0, 0.05) is 21.5 Å². The highest BCUT2D eigenvalue weighted by Crippen LogP contribution is 2.47. The van der Waals surface area contributed by atoms with Crippen LogP contribution in [0.15, 0.2) is 36.4 Å². The Morgan fingerprint density at radius 1 is 0.700 bits per heavy atom. The third-order valence-electron chi connectivity index (χ3n) is 3.38. The van der Waals surface area contributed by atoms with Gasteiger partial charge in [0.15, 0.2) is 0 Å². The molecule has 0 heterocycles. The fourth-order valence-corrected chi connectivity index (χ4v) is 3.10. The number of fused-ring (bicyclic) bond motifs is 2. The predicted molar refractivity (Wildman–Crippen MR) is 84.6 cm³/mol. The molecule has 0 aromatic heterocycles. The zero-order valence-electron chi connectivity index (χ0n) is 11.0. The summed E-state index contributed by atoms with van der Waals surface area (Å²) < 4.78 is 11.2. The first-order valence-electron chi connectivity index (χ1n) is 6.09. The molecule has 0 unspecified atom stereocenters. The molecule has 3 rings (SSSR count). The van der Waals surface area contributed by atoms with Crippen LogP contribution in [0.1, 0.15) is 0 Å². The van der Waals surface area contributed by atoms with Gasteiger partial charge in [-0.15, -0.1) is 0 Å². The monoisotopic (exact) mass is 306 g/mol. The molecule has 0 fully saturated rings. The molecule has 2 nitrogen and oxygen atoms in total. The Labute approximate surface area is 126 Å². The molecule has 4 heteroatoms. The van der Waals surface area contributed by atoms with Crippen molar-refractivity contribution in [2.75, 3.05) is 14.2 Å². The lowest BCUT2D eigenvalue weighted by atomic mass is 10.0. The molecule has 102 valence electrons. The van der Waals surface area contributed by atoms with Crippen molar-refractivity contribution in [1.82, 2.24) is 0 Å². The third-order valence-corrected chi connectivity index (χ3v) is 4.01. The van der Waals surface area contributed by atoms with Crippen LogP contribution < -0.4 is 9.47 Å². The second kappa shape index (κ2) is 5.04. The quantitative estimate of drug-likeness (QED) is 0.597. The molecule has 0 aliphatic rings. The summed E-state index contributed by atoms with van der Waals surface area (Å²) in [5.74, 6) is 1.42. The highest BCUT2D eigenvalue weighted by molar-refractivity contribution is 6.40. The molecule has 3 aromatic rings. The first-order chi connectivity index (χ1) is 9.69. The summed E-state index contributed by atoms with van der Waals surface area (Å²) in [6.07, 6.45) is 0. The maximum Gasteiger partial charge on any atom is 0.137 e. The van der Waals surface area contributed by atoms with Gasteiger partial charge in [0.05, 0.1) is 24.3 Å². The average molecular weight is 307 g/mol. The van der Waals surface area contributed by atoms with E-state index in [0.29, 0.717) is 15.8 Å². The summed E-state index contributed by atoms with van der Waals surface area (Å²) in [4.78, 5) is 0. The molecular formula is C16H12Cl2O2. The van der Waals surface area contributed by atoms with E-state index in [0.717, 1.165) is 27.3 Å². The second-order valence-corrected chi connectivity index (χ2v) is 5.21. The van der Waals surface area contributed by atoms with Gasteiger partial charge in [0.2, 0.25) is 0 Å². The van der Waals surface area contributed by atoms with Crippen LogP contribution >= 0.6 is 23.2 Å². The lowest BCUT2D eigenvalue weighted by Gasteiger charge is -2.16. The van der Waals surface area contributed by atoms with Crippen molar-refractivity contribution in [2.24, 2.45) is 0 Å². The maximum absolute atomic E-state index is 6.34. The fraction of sp³-hybridized carbons (Fsp3) is 0.125. The van der Waals surface area contributed by atoms with Crippen LogP contribution in [0.4, 0.5) is 0 Å². The minimum Gasteiger partial charge on any atom is -0.495 e. The zero-order chi connectivity index (χ0) is 14.3. The summed E-state index contributed by atoms with van der Waals surface area (Å²) in [6, 6.07) is 11.4. The van der Waals surface area contributed by atoms with E-state index in [-0.39, 0.29) is 0 Å². The largest absolute Gasteiger partial charge is 0.495 e. The van der Waals surface area contributed by atoms with Gasteiger partial charge >= 0.3 is 0 Å². The van der Waals surface area contributed by atoms with Crippen molar-refractivity contribution < 1.29 is 9.47 Å². The highest BCUT2D eigenvalue weighted by atomic mass is 35.5. The van der Waals surface area contributed by atoms with Crippen molar-refractivity contribution in [1.29, 1.82) is 0 Å². The Hall–Kier alpha value is -1.64. The van der Waals surface area contributed by atoms with E-state index in [2.05, 4.69) is 0 Å². The van der Waals surface area contributed by atoms with E-state index in [4.69, 9.17) is 32.7 Å². The van der Waals surface area contributed by atoms with E-state index < -0.39 is 0 Å². The molecule has 0 saturated carbocycles. The second-order valence-electron chi connectivity index (χ2n) is 4.39. The Bertz CT molecular complexity index is 750. The van der Waals surface area contributed by atoms with Crippen molar-refractivity contribution in [3.05, 3.63) is 46.4 Å². The summed E-state index contributed by atoms with van der Waals surface area (Å²) in [5, 5.41) is 4.67. The molecule has 0 radical (unpaired) electrons. The van der Waals surface area contributed by atoms with Gasteiger partial charge in [-0.1, -0.05) is 47.5 Å². The molecule has 20 heavy (non-hydrogen) atoms. The number of benzene rings is 3. The van der Waals surface area contributed by atoms with Crippen molar-refractivity contribution >= 4 is 44.7 Å². The third kappa shape index (κ3) is 1.80. The fourth-order valence-electron chi connectivity index (χ4n) is 2.58. The maximum atomic E-state index is 6.34. The lowest BCUT2D eigenvalue weighted by molar-refractivity contribution is 0.417. The number of hydrogen-bond acceptors (Lipinski definition) is 2. The van der Waals surface area contributed by atoms with E-state index in [1.807, 2.05) is 36.4 Å². The Kier molecular flexibility index (Phi) is 3.36. The molecule has 0 N–H and O–H groups in total. The van der Waals surface area contributed by atoms with Crippen LogP contribution in [-0.2, 0) is 0 Å². The minimum absolute atomic E-state index is 0.611. The number of methoxy groups -OCH3 is 2. The van der Waals surface area contributed by atoms with Gasteiger partial charge in [-0.2, -0.15) is 0 Å². The molecule has 0 spiro atoms. The van der Waals surface area contributed by atoms with E-state index in [1.165, 1.54) is 0 Å². The molecule has 0 bridgehead atoms. The first-order valence-corrected chi connectivity index (χ1v) is 6.85. The standard InChI is InChI=1S/C16H12Cl2O2/c1-19-15-9-5-3-7-11(17)13(9)16(20-2)14-10(15)6-4-8-12(14)18/h3-8H,1-2H3. The summed E-state index contributed by atoms with van der Waals surface area (Å²) >= 11 is 12.7.